The van der Waals surface area contributed by atoms with Crippen molar-refractivity contribution in [1.82, 2.24) is 0 Å². The van der Waals surface area contributed by atoms with Gasteiger partial charge in [-0.1, -0.05) is 25.0 Å². The fourth-order valence-corrected chi connectivity index (χ4v) is 1.75. The second-order valence-corrected chi connectivity index (χ2v) is 4.83. The molecule has 7 nitrogen and oxygen atoms in total. The van der Waals surface area contributed by atoms with Crippen molar-refractivity contribution in [2.24, 2.45) is 11.5 Å². The van der Waals surface area contributed by atoms with Gasteiger partial charge in [0.25, 0.3) is 0 Å². The number of hydrogen-bond acceptors (Lipinski definition) is 5. The first-order valence-electron chi connectivity index (χ1n) is 6.45. The van der Waals surface area contributed by atoms with Crippen LogP contribution in [0.2, 0.25) is 0 Å². The smallest absolute Gasteiger partial charge is 0.750 e. The topological polar surface area (TPSA) is 150 Å². The Balaban J connectivity index is 0. The molecule has 1 aromatic rings. The average Bonchev–Trinajstić information content (AvgIpc) is 2.43. The number of benzene rings is 1. The van der Waals surface area contributed by atoms with E-state index in [1.54, 1.807) is 18.2 Å². The molecular weight excluding hydrogens is 335 g/mol. The summed E-state index contributed by atoms with van der Waals surface area (Å²) in [5.74, 6) is -0.915. The van der Waals surface area contributed by atoms with Crippen molar-refractivity contribution in [3.05, 3.63) is 35.4 Å². The molecule has 120 valence electrons. The third kappa shape index (κ3) is 12.8. The van der Waals surface area contributed by atoms with Gasteiger partial charge in [-0.3, -0.25) is 0 Å². The standard InChI is InChI=1S/C13H20N2O2.K.H2O3S/c14-8-3-1-2-7-12(15)10-5-4-6-11(9-10)13(16)17;;1-4(2)3/h4-6,9,12H,1-3,7-8,14-15H2,(H,16,17);;(H2,1,2,3)/q;+1;/p-1. The maximum atomic E-state index is 10.8. The van der Waals surface area contributed by atoms with Crippen molar-refractivity contribution in [1.29, 1.82) is 0 Å². The molecule has 9 heteroatoms. The van der Waals surface area contributed by atoms with Crippen LogP contribution in [0.3, 0.4) is 0 Å². The number of hydrogen-bond donors (Lipinski definition) is 4. The Morgan fingerprint density at radius 1 is 1.32 bits per heavy atom. The summed E-state index contributed by atoms with van der Waals surface area (Å²) in [5, 5.41) is 8.88. The van der Waals surface area contributed by atoms with E-state index < -0.39 is 17.3 Å². The molecule has 2 atom stereocenters. The molecule has 6 N–H and O–H groups in total. The molecule has 22 heavy (non-hydrogen) atoms. The van der Waals surface area contributed by atoms with Gasteiger partial charge in [-0.2, -0.15) is 0 Å². The zero-order chi connectivity index (χ0) is 16.3. The summed E-state index contributed by atoms with van der Waals surface area (Å²) in [5.41, 5.74) is 12.6. The molecule has 1 aromatic carbocycles. The molecule has 0 bridgehead atoms. The number of unbranched alkanes of at least 4 members (excludes halogenated alkanes) is 2. The quantitative estimate of drug-likeness (QED) is 0.257. The predicted octanol–water partition coefficient (Wildman–Crippen LogP) is -1.75. The maximum Gasteiger partial charge on any atom is 1.00 e. The first-order valence-corrected chi connectivity index (χ1v) is 7.49. The second kappa shape index (κ2) is 14.9. The van der Waals surface area contributed by atoms with Crippen molar-refractivity contribution in [2.45, 2.75) is 31.7 Å². The monoisotopic (exact) mass is 356 g/mol. The molecule has 0 saturated heterocycles. The van der Waals surface area contributed by atoms with E-state index in [0.29, 0.717) is 12.1 Å². The summed E-state index contributed by atoms with van der Waals surface area (Å²) in [4.78, 5) is 10.8. The fraction of sp³-hybridized carbons (Fsp3) is 0.462. The van der Waals surface area contributed by atoms with Gasteiger partial charge in [-0.25, -0.2) is 9.00 Å². The van der Waals surface area contributed by atoms with Gasteiger partial charge in [0, 0.05) is 6.04 Å². The van der Waals surface area contributed by atoms with Crippen LogP contribution in [-0.4, -0.2) is 30.9 Å². The number of aromatic carboxylic acids is 1. The molecule has 0 fully saturated rings. The molecule has 0 saturated carbocycles. The van der Waals surface area contributed by atoms with Gasteiger partial charge < -0.3 is 25.7 Å². The number of nitrogens with two attached hydrogens (primary N) is 2. The van der Waals surface area contributed by atoms with Crippen molar-refractivity contribution in [3.63, 3.8) is 0 Å². The van der Waals surface area contributed by atoms with E-state index >= 15 is 0 Å². The van der Waals surface area contributed by atoms with Crippen LogP contribution in [0.4, 0.5) is 0 Å². The van der Waals surface area contributed by atoms with Crippen molar-refractivity contribution < 1.29 is 74.6 Å². The summed E-state index contributed by atoms with van der Waals surface area (Å²) < 4.78 is 24.1. The minimum absolute atomic E-state index is 0. The van der Waals surface area contributed by atoms with Crippen molar-refractivity contribution in [3.8, 4) is 0 Å². The molecule has 0 radical (unpaired) electrons. The van der Waals surface area contributed by atoms with Crippen LogP contribution < -0.4 is 62.9 Å². The van der Waals surface area contributed by atoms with Crippen LogP contribution in [0.15, 0.2) is 24.3 Å². The zero-order valence-electron chi connectivity index (χ0n) is 12.6. The van der Waals surface area contributed by atoms with Gasteiger partial charge >= 0.3 is 57.4 Å². The SMILES string of the molecule is NCCCCCC(N)c1cccc(C(=O)O)c1.O=S([O-])O.[K+]. The molecule has 2 unspecified atom stereocenters. The maximum absolute atomic E-state index is 10.8. The van der Waals surface area contributed by atoms with Gasteiger partial charge in [0.2, 0.25) is 0 Å². The number of carbonyl (C=O) groups is 1. The summed E-state index contributed by atoms with van der Waals surface area (Å²) >= 11 is -2.86. The van der Waals surface area contributed by atoms with Gasteiger partial charge in [0.05, 0.1) is 16.9 Å². The van der Waals surface area contributed by atoms with E-state index in [1.165, 1.54) is 0 Å². The Labute approximate surface area is 175 Å². The van der Waals surface area contributed by atoms with E-state index in [1.807, 2.05) is 6.07 Å². The second-order valence-electron chi connectivity index (χ2n) is 4.39. The number of carboxylic acid groups (broad SMARTS) is 1. The number of carboxylic acids is 1. The van der Waals surface area contributed by atoms with Crippen LogP contribution in [-0.2, 0) is 11.4 Å². The summed E-state index contributed by atoms with van der Waals surface area (Å²) in [7, 11) is 0. The molecular formula is C13H21KN2O5S. The summed E-state index contributed by atoms with van der Waals surface area (Å²) in [6.45, 7) is 0.712. The third-order valence-electron chi connectivity index (χ3n) is 2.78. The largest absolute Gasteiger partial charge is 1.00 e. The van der Waals surface area contributed by atoms with Crippen molar-refractivity contribution in [2.75, 3.05) is 6.54 Å². The van der Waals surface area contributed by atoms with Crippen LogP contribution >= 0.6 is 0 Å². The van der Waals surface area contributed by atoms with Crippen molar-refractivity contribution >= 4 is 17.3 Å². The molecule has 0 aromatic heterocycles. The third-order valence-corrected chi connectivity index (χ3v) is 2.78. The van der Waals surface area contributed by atoms with E-state index in [2.05, 4.69) is 0 Å². The molecule has 0 amide bonds. The average molecular weight is 356 g/mol. The van der Waals surface area contributed by atoms with Gasteiger partial charge in [-0.15, -0.1) is 0 Å². The first kappa shape index (κ1) is 24.6. The van der Waals surface area contributed by atoms with Crippen LogP contribution in [0.1, 0.15) is 47.6 Å². The Bertz CT molecular complexity index is 458. The molecule has 1 rings (SSSR count). The Morgan fingerprint density at radius 2 is 1.91 bits per heavy atom. The first-order chi connectivity index (χ1) is 9.88. The van der Waals surface area contributed by atoms with E-state index in [4.69, 9.17) is 29.9 Å². The van der Waals surface area contributed by atoms with Crippen LogP contribution in [0, 0.1) is 0 Å². The molecule has 0 heterocycles. The van der Waals surface area contributed by atoms with E-state index in [-0.39, 0.29) is 57.4 Å². The summed E-state index contributed by atoms with van der Waals surface area (Å²) in [6, 6.07) is 6.74. The van der Waals surface area contributed by atoms with E-state index in [0.717, 1.165) is 31.2 Å². The fourth-order valence-electron chi connectivity index (χ4n) is 1.75. The summed E-state index contributed by atoms with van der Waals surface area (Å²) in [6.07, 6.45) is 3.98. The normalized spacial score (nSPS) is 12.4. The molecule has 0 aliphatic carbocycles. The predicted molar refractivity (Wildman–Crippen MR) is 79.4 cm³/mol. The van der Waals surface area contributed by atoms with Gasteiger partial charge in [0.15, 0.2) is 0 Å². The molecule has 0 spiro atoms. The van der Waals surface area contributed by atoms with E-state index in [9.17, 15) is 4.79 Å². The minimum atomic E-state index is -2.86. The molecule has 0 aliphatic rings. The molecule has 0 aliphatic heterocycles. The minimum Gasteiger partial charge on any atom is -0.750 e. The number of rotatable bonds is 7. The Kier molecular flexibility index (Phi) is 16.6. The zero-order valence-corrected chi connectivity index (χ0v) is 16.5. The Hall–Kier alpha value is 0.316. The van der Waals surface area contributed by atoms with Gasteiger partial charge in [0.1, 0.15) is 0 Å². The van der Waals surface area contributed by atoms with Crippen LogP contribution in [0.5, 0.6) is 0 Å². The van der Waals surface area contributed by atoms with Crippen LogP contribution in [0.25, 0.3) is 0 Å². The van der Waals surface area contributed by atoms with Gasteiger partial charge in [-0.05, 0) is 37.1 Å². The Morgan fingerprint density at radius 3 is 2.41 bits per heavy atom.